The Labute approximate surface area is 107 Å². The molecular formula is C10H11F3NO4S-. The summed E-state index contributed by atoms with van der Waals surface area (Å²) in [5, 5.41) is 0. The molecule has 2 bridgehead atoms. The van der Waals surface area contributed by atoms with Crippen LogP contribution in [0.3, 0.4) is 0 Å². The summed E-state index contributed by atoms with van der Waals surface area (Å²) in [6, 6.07) is 0. The third-order valence-corrected chi connectivity index (χ3v) is 5.47. The SMILES string of the molecule is O=C1OC2C(C[N-]S(=O)(=O)C(F)(F)F)C3CC1C2C3. The fourth-order valence-electron chi connectivity index (χ4n) is 3.59. The monoisotopic (exact) mass is 298 g/mol. The fraction of sp³-hybridized carbons (Fsp3) is 0.900. The summed E-state index contributed by atoms with van der Waals surface area (Å²) in [5.41, 5.74) is -5.36. The second kappa shape index (κ2) is 3.85. The normalized spacial score (nSPS) is 40.8. The Morgan fingerprint density at radius 3 is 2.63 bits per heavy atom. The molecule has 0 radical (unpaired) electrons. The van der Waals surface area contributed by atoms with Crippen LogP contribution < -0.4 is 0 Å². The van der Waals surface area contributed by atoms with E-state index in [1.807, 2.05) is 0 Å². The number of carbonyl (C=O) groups is 1. The van der Waals surface area contributed by atoms with Crippen LogP contribution in [0.5, 0.6) is 0 Å². The van der Waals surface area contributed by atoms with E-state index < -0.39 is 34.1 Å². The maximum absolute atomic E-state index is 12.2. The molecule has 5 atom stereocenters. The minimum atomic E-state index is -5.45. The maximum Gasteiger partial charge on any atom is 0.480 e. The van der Waals surface area contributed by atoms with Gasteiger partial charge in [-0.3, -0.25) is 4.79 Å². The van der Waals surface area contributed by atoms with E-state index in [2.05, 4.69) is 4.72 Å². The van der Waals surface area contributed by atoms with E-state index in [-0.39, 0.29) is 23.7 Å². The summed E-state index contributed by atoms with van der Waals surface area (Å²) in [6.07, 6.45) is 0.836. The first-order chi connectivity index (χ1) is 8.71. The minimum absolute atomic E-state index is 0.0336. The van der Waals surface area contributed by atoms with Crippen molar-refractivity contribution in [2.24, 2.45) is 23.7 Å². The quantitative estimate of drug-likeness (QED) is 0.738. The van der Waals surface area contributed by atoms with Gasteiger partial charge in [-0.05, 0) is 24.7 Å². The number of esters is 1. The molecule has 1 aliphatic heterocycles. The number of rotatable bonds is 3. The molecule has 0 aromatic heterocycles. The Kier molecular flexibility index (Phi) is 2.66. The molecule has 0 spiro atoms. The molecule has 9 heteroatoms. The van der Waals surface area contributed by atoms with Gasteiger partial charge in [0.1, 0.15) is 6.10 Å². The average Bonchev–Trinajstić information content (AvgIpc) is 2.86. The summed E-state index contributed by atoms with van der Waals surface area (Å²) in [7, 11) is -5.45. The standard InChI is InChI=1S/C10H11F3NO4S/c11-10(12,13)19(16,17)14-3-7-4-1-5-6(2-4)9(15)18-8(5)7/h4-8H,1-3H2/q-1. The zero-order valence-electron chi connectivity index (χ0n) is 9.63. The molecule has 0 aromatic rings. The van der Waals surface area contributed by atoms with E-state index >= 15 is 0 Å². The Hall–Kier alpha value is -0.830. The number of hydrogen-bond acceptors (Lipinski definition) is 4. The van der Waals surface area contributed by atoms with Gasteiger partial charge in [0.2, 0.25) is 0 Å². The van der Waals surface area contributed by atoms with E-state index in [1.54, 1.807) is 0 Å². The average molecular weight is 298 g/mol. The van der Waals surface area contributed by atoms with Crippen molar-refractivity contribution in [1.29, 1.82) is 0 Å². The van der Waals surface area contributed by atoms with Crippen molar-refractivity contribution in [3.8, 4) is 0 Å². The summed E-state index contributed by atoms with van der Waals surface area (Å²) in [5.74, 6) is -0.779. The molecule has 3 aliphatic rings. The smallest absolute Gasteiger partial charge is 0.480 e. The van der Waals surface area contributed by atoms with Gasteiger partial charge < -0.3 is 9.46 Å². The van der Waals surface area contributed by atoms with Crippen molar-refractivity contribution in [2.75, 3.05) is 6.54 Å². The molecular weight excluding hydrogens is 287 g/mol. The number of carbonyl (C=O) groups excluding carboxylic acids is 1. The number of sulfonamides is 1. The van der Waals surface area contributed by atoms with Crippen LogP contribution in [0.25, 0.3) is 4.72 Å². The number of fused-ring (bicyclic) bond motifs is 1. The first-order valence-corrected chi connectivity index (χ1v) is 7.35. The molecule has 108 valence electrons. The van der Waals surface area contributed by atoms with E-state index in [0.717, 1.165) is 0 Å². The molecule has 0 aromatic carbocycles. The summed E-state index contributed by atoms with van der Waals surface area (Å²) < 4.78 is 66.3. The predicted molar refractivity (Wildman–Crippen MR) is 56.3 cm³/mol. The van der Waals surface area contributed by atoms with Crippen LogP contribution in [0.15, 0.2) is 0 Å². The molecule has 2 saturated carbocycles. The first kappa shape index (κ1) is 13.2. The van der Waals surface area contributed by atoms with Crippen molar-refractivity contribution in [3.05, 3.63) is 4.72 Å². The van der Waals surface area contributed by atoms with E-state index in [9.17, 15) is 26.4 Å². The Balaban J connectivity index is 1.69. The van der Waals surface area contributed by atoms with Gasteiger partial charge >= 0.3 is 11.5 Å². The van der Waals surface area contributed by atoms with Crippen LogP contribution in [0.2, 0.25) is 0 Å². The summed E-state index contributed by atoms with van der Waals surface area (Å²) in [4.78, 5) is 11.4. The van der Waals surface area contributed by atoms with Crippen LogP contribution in [-0.4, -0.2) is 32.5 Å². The second-order valence-corrected chi connectivity index (χ2v) is 6.97. The van der Waals surface area contributed by atoms with Gasteiger partial charge in [-0.25, -0.2) is 8.42 Å². The Bertz CT molecular complexity index is 517. The molecule has 1 heterocycles. The lowest BCUT2D eigenvalue weighted by molar-refractivity contribution is -0.144. The highest BCUT2D eigenvalue weighted by Crippen LogP contribution is 2.57. The molecule has 5 nitrogen and oxygen atoms in total. The molecule has 0 N–H and O–H groups in total. The van der Waals surface area contributed by atoms with Crippen LogP contribution in [-0.2, 0) is 19.6 Å². The second-order valence-electron chi connectivity index (χ2n) is 5.30. The lowest BCUT2D eigenvalue weighted by atomic mass is 9.82. The fourth-order valence-corrected chi connectivity index (χ4v) is 4.10. The summed E-state index contributed by atoms with van der Waals surface area (Å²) in [6.45, 7) is -0.451. The molecule has 2 aliphatic carbocycles. The third-order valence-electron chi connectivity index (χ3n) is 4.40. The molecule has 3 fully saturated rings. The molecule has 0 amide bonds. The zero-order valence-corrected chi connectivity index (χ0v) is 10.4. The highest BCUT2D eigenvalue weighted by molar-refractivity contribution is 7.94. The minimum Gasteiger partial charge on any atom is -0.541 e. The number of hydrogen-bond donors (Lipinski definition) is 0. The lowest BCUT2D eigenvalue weighted by Gasteiger charge is -2.32. The van der Waals surface area contributed by atoms with Gasteiger partial charge in [-0.2, -0.15) is 13.2 Å². The predicted octanol–water partition coefficient (Wildman–Crippen LogP) is 1.41. The van der Waals surface area contributed by atoms with Crippen molar-refractivity contribution in [1.82, 2.24) is 0 Å². The molecule has 5 unspecified atom stereocenters. The first-order valence-electron chi connectivity index (χ1n) is 5.91. The topological polar surface area (TPSA) is 74.5 Å². The van der Waals surface area contributed by atoms with E-state index in [4.69, 9.17) is 4.74 Å². The van der Waals surface area contributed by atoms with Crippen molar-refractivity contribution in [2.45, 2.75) is 24.5 Å². The van der Waals surface area contributed by atoms with Gasteiger partial charge in [0.25, 0.3) is 0 Å². The largest absolute Gasteiger partial charge is 0.541 e. The number of alkyl halides is 3. The molecule has 3 rings (SSSR count). The van der Waals surface area contributed by atoms with Crippen molar-refractivity contribution in [3.63, 3.8) is 0 Å². The van der Waals surface area contributed by atoms with Crippen LogP contribution in [0.4, 0.5) is 13.2 Å². The van der Waals surface area contributed by atoms with Crippen LogP contribution in [0.1, 0.15) is 12.8 Å². The van der Waals surface area contributed by atoms with Crippen LogP contribution >= 0.6 is 0 Å². The van der Waals surface area contributed by atoms with Gasteiger partial charge in [0.05, 0.1) is 5.92 Å². The highest BCUT2D eigenvalue weighted by atomic mass is 32.2. The molecule has 1 saturated heterocycles. The maximum atomic E-state index is 12.2. The third kappa shape index (κ3) is 1.85. The zero-order chi connectivity index (χ0) is 14.0. The van der Waals surface area contributed by atoms with E-state index in [0.29, 0.717) is 12.8 Å². The molecule has 19 heavy (non-hydrogen) atoms. The number of halogens is 3. The number of nitrogens with zero attached hydrogens (tertiary/aromatic N) is 1. The lowest BCUT2D eigenvalue weighted by Crippen LogP contribution is -2.31. The Morgan fingerprint density at radius 2 is 2.00 bits per heavy atom. The van der Waals surface area contributed by atoms with Gasteiger partial charge in [-0.1, -0.05) is 0 Å². The van der Waals surface area contributed by atoms with Gasteiger partial charge in [0.15, 0.2) is 10.0 Å². The van der Waals surface area contributed by atoms with Gasteiger partial charge in [-0.15, -0.1) is 6.54 Å². The number of ether oxygens (including phenoxy) is 1. The highest BCUT2D eigenvalue weighted by Gasteiger charge is 2.60. The van der Waals surface area contributed by atoms with Gasteiger partial charge in [0, 0.05) is 5.92 Å². The Morgan fingerprint density at radius 1 is 1.32 bits per heavy atom. The van der Waals surface area contributed by atoms with E-state index in [1.165, 1.54) is 0 Å². The van der Waals surface area contributed by atoms with Crippen LogP contribution in [0, 0.1) is 23.7 Å². The van der Waals surface area contributed by atoms with Crippen molar-refractivity contribution < 1.29 is 31.1 Å². The van der Waals surface area contributed by atoms with Crippen molar-refractivity contribution >= 4 is 16.0 Å². The summed E-state index contributed by atoms with van der Waals surface area (Å²) >= 11 is 0.